The first-order chi connectivity index (χ1) is 12.0. The van der Waals surface area contributed by atoms with Crippen LogP contribution < -0.4 is 15.5 Å². The van der Waals surface area contributed by atoms with Crippen molar-refractivity contribution in [3.63, 3.8) is 0 Å². The molecule has 7 heteroatoms. The van der Waals surface area contributed by atoms with Gasteiger partial charge < -0.3 is 20.4 Å². The van der Waals surface area contributed by atoms with E-state index < -0.39 is 11.6 Å². The first-order valence-corrected chi connectivity index (χ1v) is 8.97. The summed E-state index contributed by atoms with van der Waals surface area (Å²) in [5.41, 5.74) is 0.0679. The normalized spacial score (nSPS) is 18.1. The van der Waals surface area contributed by atoms with Crippen LogP contribution in [0.25, 0.3) is 0 Å². The number of rotatable bonds is 7. The molecular weight excluding hydrogens is 324 g/mol. The summed E-state index contributed by atoms with van der Waals surface area (Å²) in [6.07, 6.45) is 0.813. The number of para-hydroxylation sites is 1. The van der Waals surface area contributed by atoms with Gasteiger partial charge in [0.1, 0.15) is 17.3 Å². The van der Waals surface area contributed by atoms with Crippen LogP contribution in [0.1, 0.15) is 20.3 Å². The summed E-state index contributed by atoms with van der Waals surface area (Å²) in [6, 6.07) is 4.10. The highest BCUT2D eigenvalue weighted by Gasteiger charge is 2.27. The molecule has 2 N–H and O–H groups in total. The minimum atomic E-state index is -0.510. The van der Waals surface area contributed by atoms with Crippen molar-refractivity contribution in [2.45, 2.75) is 26.3 Å². The number of anilines is 1. The highest BCUT2D eigenvalue weighted by molar-refractivity contribution is 5.80. The van der Waals surface area contributed by atoms with Crippen molar-refractivity contribution < 1.29 is 8.78 Å². The molecule has 1 fully saturated rings. The number of nitrogens with one attached hydrogen (secondary N) is 2. The first-order valence-electron chi connectivity index (χ1n) is 8.97. The average molecular weight is 353 g/mol. The smallest absolute Gasteiger partial charge is 0.191 e. The molecule has 0 spiro atoms. The second kappa shape index (κ2) is 9.56. The molecule has 0 amide bonds. The molecule has 0 bridgehead atoms. The molecule has 0 radical (unpaired) electrons. The van der Waals surface area contributed by atoms with Crippen molar-refractivity contribution >= 4 is 11.6 Å². The van der Waals surface area contributed by atoms with Crippen LogP contribution in [-0.4, -0.2) is 63.2 Å². The predicted molar refractivity (Wildman–Crippen MR) is 99.3 cm³/mol. The SMILES string of the molecule is CCNC(=NCCN(C)CC)NC1CCN(c2c(F)cccc2F)C1. The standard InChI is InChI=1S/C18H29F2N5/c1-4-21-18(22-10-12-24(3)5-2)23-14-9-11-25(13-14)17-15(19)7-6-8-16(17)20/h6-8,14H,4-5,9-13H2,1-3H3,(H2,21,22,23). The number of halogens is 2. The van der Waals surface area contributed by atoms with Crippen LogP contribution in [0.15, 0.2) is 23.2 Å². The molecule has 25 heavy (non-hydrogen) atoms. The second-order valence-electron chi connectivity index (χ2n) is 6.30. The molecule has 1 aliphatic rings. The number of guanidine groups is 1. The van der Waals surface area contributed by atoms with Crippen LogP contribution >= 0.6 is 0 Å². The lowest BCUT2D eigenvalue weighted by atomic mass is 10.2. The van der Waals surface area contributed by atoms with Gasteiger partial charge >= 0.3 is 0 Å². The van der Waals surface area contributed by atoms with Gasteiger partial charge in [-0.3, -0.25) is 4.99 Å². The fourth-order valence-electron chi connectivity index (χ4n) is 2.88. The lowest BCUT2D eigenvalue weighted by Crippen LogP contribution is -2.45. The van der Waals surface area contributed by atoms with Gasteiger partial charge in [-0.05, 0) is 39.1 Å². The zero-order chi connectivity index (χ0) is 18.2. The van der Waals surface area contributed by atoms with E-state index in [1.807, 2.05) is 6.92 Å². The number of hydrogen-bond acceptors (Lipinski definition) is 3. The molecule has 1 aromatic carbocycles. The predicted octanol–water partition coefficient (Wildman–Crippen LogP) is 2.05. The zero-order valence-electron chi connectivity index (χ0n) is 15.4. The maximum Gasteiger partial charge on any atom is 0.191 e. The van der Waals surface area contributed by atoms with Gasteiger partial charge in [0, 0.05) is 32.2 Å². The molecule has 1 saturated heterocycles. The fourth-order valence-corrected chi connectivity index (χ4v) is 2.88. The van der Waals surface area contributed by atoms with Crippen LogP contribution in [0.5, 0.6) is 0 Å². The first kappa shape index (κ1) is 19.4. The van der Waals surface area contributed by atoms with Gasteiger partial charge in [-0.2, -0.15) is 0 Å². The highest BCUT2D eigenvalue weighted by atomic mass is 19.1. The number of benzene rings is 1. The Morgan fingerprint density at radius 2 is 2.04 bits per heavy atom. The topological polar surface area (TPSA) is 42.9 Å². The van der Waals surface area contributed by atoms with Gasteiger partial charge in [0.15, 0.2) is 5.96 Å². The number of aliphatic imine (C=N–C) groups is 1. The van der Waals surface area contributed by atoms with Gasteiger partial charge in [0.25, 0.3) is 0 Å². The lowest BCUT2D eigenvalue weighted by Gasteiger charge is -2.21. The van der Waals surface area contributed by atoms with E-state index in [1.54, 1.807) is 4.90 Å². The Labute approximate surface area is 149 Å². The third-order valence-electron chi connectivity index (χ3n) is 4.42. The Morgan fingerprint density at radius 3 is 2.68 bits per heavy atom. The maximum absolute atomic E-state index is 13.9. The summed E-state index contributed by atoms with van der Waals surface area (Å²) in [5, 5.41) is 6.61. The maximum atomic E-state index is 13.9. The van der Waals surface area contributed by atoms with Crippen molar-refractivity contribution in [1.29, 1.82) is 0 Å². The molecule has 0 aromatic heterocycles. The number of likely N-dealkylation sites (N-methyl/N-ethyl adjacent to an activating group) is 1. The minimum Gasteiger partial charge on any atom is -0.365 e. The van der Waals surface area contributed by atoms with Crippen molar-refractivity contribution in [3.8, 4) is 0 Å². The lowest BCUT2D eigenvalue weighted by molar-refractivity contribution is 0.363. The van der Waals surface area contributed by atoms with E-state index in [2.05, 4.69) is 34.5 Å². The van der Waals surface area contributed by atoms with E-state index in [-0.39, 0.29) is 11.7 Å². The molecule has 0 aliphatic carbocycles. The molecule has 1 atom stereocenters. The van der Waals surface area contributed by atoms with Crippen LogP contribution in [0.2, 0.25) is 0 Å². The Bertz CT molecular complexity index is 558. The van der Waals surface area contributed by atoms with Crippen LogP contribution in [0, 0.1) is 11.6 Å². The summed E-state index contributed by atoms with van der Waals surface area (Å²) in [4.78, 5) is 8.54. The number of hydrogen-bond donors (Lipinski definition) is 2. The van der Waals surface area contributed by atoms with E-state index in [0.29, 0.717) is 19.6 Å². The minimum absolute atomic E-state index is 0.0679. The molecule has 5 nitrogen and oxygen atoms in total. The average Bonchev–Trinajstić information content (AvgIpc) is 3.02. The van der Waals surface area contributed by atoms with E-state index in [9.17, 15) is 8.78 Å². The van der Waals surface area contributed by atoms with E-state index in [0.717, 1.165) is 32.0 Å². The Hall–Kier alpha value is -1.89. The summed E-state index contributed by atoms with van der Waals surface area (Å²) in [7, 11) is 2.06. The van der Waals surface area contributed by atoms with Crippen LogP contribution in [-0.2, 0) is 0 Å². The van der Waals surface area contributed by atoms with E-state index in [1.165, 1.54) is 18.2 Å². The number of nitrogens with zero attached hydrogens (tertiary/aromatic N) is 3. The molecule has 2 rings (SSSR count). The molecule has 1 aliphatic heterocycles. The zero-order valence-corrected chi connectivity index (χ0v) is 15.4. The van der Waals surface area contributed by atoms with Gasteiger partial charge in [0.05, 0.1) is 6.54 Å². The molecular formula is C18H29F2N5. The molecule has 140 valence electrons. The van der Waals surface area contributed by atoms with Crippen molar-refractivity contribution in [1.82, 2.24) is 15.5 Å². The molecule has 1 unspecified atom stereocenters. The Balaban J connectivity index is 1.94. The Morgan fingerprint density at radius 1 is 1.32 bits per heavy atom. The fraction of sp³-hybridized carbons (Fsp3) is 0.611. The van der Waals surface area contributed by atoms with Gasteiger partial charge in [0.2, 0.25) is 0 Å². The highest BCUT2D eigenvalue weighted by Crippen LogP contribution is 2.26. The Kier molecular flexibility index (Phi) is 7.43. The quantitative estimate of drug-likeness (QED) is 0.582. The second-order valence-corrected chi connectivity index (χ2v) is 6.30. The summed E-state index contributed by atoms with van der Waals surface area (Å²) in [5.74, 6) is -0.263. The van der Waals surface area contributed by atoms with Gasteiger partial charge in [-0.15, -0.1) is 0 Å². The molecule has 1 aromatic rings. The monoisotopic (exact) mass is 353 g/mol. The van der Waals surface area contributed by atoms with Gasteiger partial charge in [-0.25, -0.2) is 8.78 Å². The van der Waals surface area contributed by atoms with Crippen molar-refractivity contribution in [2.24, 2.45) is 4.99 Å². The summed E-state index contributed by atoms with van der Waals surface area (Å²) >= 11 is 0. The van der Waals surface area contributed by atoms with Crippen LogP contribution in [0.3, 0.4) is 0 Å². The van der Waals surface area contributed by atoms with Crippen molar-refractivity contribution in [2.75, 3.05) is 51.2 Å². The molecule has 0 saturated carbocycles. The van der Waals surface area contributed by atoms with Crippen LogP contribution in [0.4, 0.5) is 14.5 Å². The largest absolute Gasteiger partial charge is 0.365 e. The third kappa shape index (κ3) is 5.56. The summed E-state index contributed by atoms with van der Waals surface area (Å²) in [6.45, 7) is 8.67. The molecule has 1 heterocycles. The van der Waals surface area contributed by atoms with E-state index >= 15 is 0 Å². The summed E-state index contributed by atoms with van der Waals surface area (Å²) < 4.78 is 27.9. The van der Waals surface area contributed by atoms with Crippen molar-refractivity contribution in [3.05, 3.63) is 29.8 Å². The van der Waals surface area contributed by atoms with Gasteiger partial charge in [-0.1, -0.05) is 13.0 Å². The third-order valence-corrected chi connectivity index (χ3v) is 4.42. The van der Waals surface area contributed by atoms with E-state index in [4.69, 9.17) is 0 Å².